The fourth-order valence-electron chi connectivity index (χ4n) is 1.68. The van der Waals surface area contributed by atoms with E-state index in [4.69, 9.17) is 9.52 Å². The van der Waals surface area contributed by atoms with Crippen molar-refractivity contribution in [2.24, 2.45) is 0 Å². The number of H-pyrrole nitrogens is 1. The van der Waals surface area contributed by atoms with Crippen LogP contribution in [0.15, 0.2) is 22.9 Å². The van der Waals surface area contributed by atoms with Crippen molar-refractivity contribution in [3.63, 3.8) is 0 Å². The lowest BCUT2D eigenvalue weighted by Gasteiger charge is -2.14. The molecule has 19 heavy (non-hydrogen) atoms. The van der Waals surface area contributed by atoms with Crippen LogP contribution in [0.2, 0.25) is 0 Å². The molecule has 1 amide bonds. The first-order valence-electron chi connectivity index (χ1n) is 5.56. The molecule has 2 aromatic heterocycles. The number of imidazole rings is 1. The summed E-state index contributed by atoms with van der Waals surface area (Å²) >= 11 is 0. The first-order valence-corrected chi connectivity index (χ1v) is 5.56. The number of aromatic nitrogens is 2. The molecule has 7 heteroatoms. The highest BCUT2D eigenvalue weighted by Gasteiger charge is 2.23. The van der Waals surface area contributed by atoms with E-state index in [0.717, 1.165) is 5.76 Å². The quantitative estimate of drug-likeness (QED) is 0.865. The van der Waals surface area contributed by atoms with Crippen molar-refractivity contribution in [3.8, 4) is 0 Å². The number of hydrogen-bond donors (Lipinski definition) is 2. The number of carboxylic acids is 1. The van der Waals surface area contributed by atoms with E-state index in [-0.39, 0.29) is 17.9 Å². The van der Waals surface area contributed by atoms with Gasteiger partial charge in [0.2, 0.25) is 0 Å². The van der Waals surface area contributed by atoms with Gasteiger partial charge in [0.15, 0.2) is 11.4 Å². The molecule has 0 unspecified atom stereocenters. The molecule has 100 valence electrons. The molecular weight excluding hydrogens is 250 g/mol. The summed E-state index contributed by atoms with van der Waals surface area (Å²) in [6, 6.07) is 3.56. The Kier molecular flexibility index (Phi) is 3.37. The van der Waals surface area contributed by atoms with E-state index in [9.17, 15) is 9.59 Å². The van der Waals surface area contributed by atoms with Gasteiger partial charge in [0, 0.05) is 7.05 Å². The predicted molar refractivity (Wildman–Crippen MR) is 64.8 cm³/mol. The fraction of sp³-hybridized carbons (Fsp3) is 0.250. The van der Waals surface area contributed by atoms with Gasteiger partial charge in [-0.2, -0.15) is 0 Å². The van der Waals surface area contributed by atoms with Crippen LogP contribution in [0.1, 0.15) is 32.5 Å². The summed E-state index contributed by atoms with van der Waals surface area (Å²) in [6.45, 7) is 2.06. The number of carbonyl (C=O) groups is 2. The lowest BCUT2D eigenvalue weighted by molar-refractivity contribution is 0.0672. The van der Waals surface area contributed by atoms with E-state index < -0.39 is 11.9 Å². The van der Waals surface area contributed by atoms with Crippen molar-refractivity contribution in [1.82, 2.24) is 14.9 Å². The summed E-state index contributed by atoms with van der Waals surface area (Å²) in [5, 5.41) is 8.92. The predicted octanol–water partition coefficient (Wildman–Crippen LogP) is 1.28. The third kappa shape index (κ3) is 2.65. The molecule has 0 fully saturated rings. The minimum Gasteiger partial charge on any atom is -0.477 e. The van der Waals surface area contributed by atoms with E-state index in [2.05, 4.69) is 9.97 Å². The smallest absolute Gasteiger partial charge is 0.354 e. The molecule has 0 aliphatic rings. The third-order valence-electron chi connectivity index (χ3n) is 2.59. The number of aromatic carboxylic acids is 1. The van der Waals surface area contributed by atoms with E-state index in [1.54, 1.807) is 19.2 Å². The number of rotatable bonds is 4. The highest BCUT2D eigenvalue weighted by Crippen LogP contribution is 2.12. The van der Waals surface area contributed by atoms with Gasteiger partial charge in [-0.15, -0.1) is 0 Å². The molecule has 0 saturated carbocycles. The summed E-state index contributed by atoms with van der Waals surface area (Å²) in [5.41, 5.74) is -0.328. The minimum absolute atomic E-state index is 0.113. The summed E-state index contributed by atoms with van der Waals surface area (Å²) < 4.78 is 5.36. The lowest BCUT2D eigenvalue weighted by Crippen LogP contribution is -2.27. The summed E-state index contributed by atoms with van der Waals surface area (Å²) in [4.78, 5) is 30.5. The second kappa shape index (κ2) is 4.97. The van der Waals surface area contributed by atoms with E-state index in [1.165, 1.54) is 11.2 Å². The van der Waals surface area contributed by atoms with Crippen LogP contribution >= 0.6 is 0 Å². The van der Waals surface area contributed by atoms with Crippen molar-refractivity contribution in [2.75, 3.05) is 7.05 Å². The highest BCUT2D eigenvalue weighted by molar-refractivity contribution is 6.02. The number of nitrogens with zero attached hydrogens (tertiary/aromatic N) is 2. The first kappa shape index (κ1) is 12.9. The van der Waals surface area contributed by atoms with E-state index in [0.29, 0.717) is 5.76 Å². The number of furan rings is 1. The van der Waals surface area contributed by atoms with Crippen LogP contribution in [0.25, 0.3) is 0 Å². The van der Waals surface area contributed by atoms with E-state index in [1.807, 2.05) is 6.92 Å². The van der Waals surface area contributed by atoms with Crippen molar-refractivity contribution >= 4 is 11.9 Å². The monoisotopic (exact) mass is 263 g/mol. The van der Waals surface area contributed by atoms with Crippen molar-refractivity contribution in [1.29, 1.82) is 0 Å². The Morgan fingerprint density at radius 3 is 2.79 bits per heavy atom. The van der Waals surface area contributed by atoms with Gasteiger partial charge in [-0.1, -0.05) is 0 Å². The Morgan fingerprint density at radius 2 is 2.21 bits per heavy atom. The van der Waals surface area contributed by atoms with Gasteiger partial charge in [0.1, 0.15) is 11.5 Å². The Hall–Kier alpha value is -2.57. The molecule has 0 bridgehead atoms. The summed E-state index contributed by atoms with van der Waals surface area (Å²) in [6.07, 6.45) is 1.18. The molecule has 2 aromatic rings. The van der Waals surface area contributed by atoms with Crippen LogP contribution in [0.5, 0.6) is 0 Å². The maximum absolute atomic E-state index is 12.1. The average molecular weight is 263 g/mol. The highest BCUT2D eigenvalue weighted by atomic mass is 16.4. The minimum atomic E-state index is -1.22. The zero-order valence-corrected chi connectivity index (χ0v) is 10.5. The van der Waals surface area contributed by atoms with Gasteiger partial charge in [0.25, 0.3) is 5.91 Å². The van der Waals surface area contributed by atoms with Gasteiger partial charge in [0.05, 0.1) is 12.9 Å². The normalized spacial score (nSPS) is 10.4. The number of aromatic amines is 1. The van der Waals surface area contributed by atoms with Gasteiger partial charge in [-0.25, -0.2) is 9.78 Å². The zero-order valence-electron chi connectivity index (χ0n) is 10.5. The van der Waals surface area contributed by atoms with Crippen LogP contribution in [0.4, 0.5) is 0 Å². The molecule has 2 N–H and O–H groups in total. The number of amides is 1. The number of carboxylic acid groups (broad SMARTS) is 1. The molecule has 0 aliphatic heterocycles. The molecule has 2 rings (SSSR count). The van der Waals surface area contributed by atoms with Crippen molar-refractivity contribution in [3.05, 3.63) is 41.4 Å². The number of aryl methyl sites for hydroxylation is 1. The van der Waals surface area contributed by atoms with Gasteiger partial charge in [-0.3, -0.25) is 4.79 Å². The Morgan fingerprint density at radius 1 is 1.47 bits per heavy atom. The Labute approximate surface area is 108 Å². The topological polar surface area (TPSA) is 99.4 Å². The van der Waals surface area contributed by atoms with Gasteiger partial charge >= 0.3 is 5.97 Å². The second-order valence-corrected chi connectivity index (χ2v) is 4.10. The molecule has 0 aliphatic carbocycles. The molecule has 0 aromatic carbocycles. The van der Waals surface area contributed by atoms with Gasteiger partial charge < -0.3 is 19.4 Å². The number of carbonyl (C=O) groups excluding carboxylic acids is 1. The summed E-state index contributed by atoms with van der Waals surface area (Å²) in [5.74, 6) is -0.321. The molecular formula is C12H13N3O4. The molecule has 0 atom stereocenters. The van der Waals surface area contributed by atoms with Crippen LogP contribution in [0, 0.1) is 6.92 Å². The molecule has 7 nitrogen and oxygen atoms in total. The van der Waals surface area contributed by atoms with Gasteiger partial charge in [-0.05, 0) is 19.1 Å². The second-order valence-electron chi connectivity index (χ2n) is 4.10. The largest absolute Gasteiger partial charge is 0.477 e. The Bertz CT molecular complexity index is 614. The first-order chi connectivity index (χ1) is 8.99. The fourth-order valence-corrected chi connectivity index (χ4v) is 1.68. The summed E-state index contributed by atoms with van der Waals surface area (Å²) in [7, 11) is 1.56. The van der Waals surface area contributed by atoms with Crippen LogP contribution in [0.3, 0.4) is 0 Å². The SMILES string of the molecule is Cc1ccc(CN(C)C(=O)c2nc[nH]c2C(=O)O)o1. The molecule has 2 heterocycles. The van der Waals surface area contributed by atoms with E-state index >= 15 is 0 Å². The molecule has 0 spiro atoms. The standard InChI is InChI=1S/C12H13N3O4/c1-7-3-4-8(19-7)5-15(2)11(16)9-10(12(17)18)14-6-13-9/h3-4,6H,5H2,1-2H3,(H,13,14)(H,17,18). The number of nitrogens with one attached hydrogen (secondary N) is 1. The molecule has 0 radical (unpaired) electrons. The average Bonchev–Trinajstić information content (AvgIpc) is 2.97. The zero-order chi connectivity index (χ0) is 14.0. The maximum Gasteiger partial charge on any atom is 0.354 e. The lowest BCUT2D eigenvalue weighted by atomic mass is 10.3. The number of hydrogen-bond acceptors (Lipinski definition) is 4. The third-order valence-corrected chi connectivity index (χ3v) is 2.59. The van der Waals surface area contributed by atoms with Crippen molar-refractivity contribution < 1.29 is 19.1 Å². The Balaban J connectivity index is 2.15. The van der Waals surface area contributed by atoms with Crippen molar-refractivity contribution in [2.45, 2.75) is 13.5 Å². The van der Waals surface area contributed by atoms with Crippen LogP contribution in [-0.2, 0) is 6.54 Å². The van der Waals surface area contributed by atoms with Crippen LogP contribution in [-0.4, -0.2) is 38.9 Å². The maximum atomic E-state index is 12.1. The van der Waals surface area contributed by atoms with Crippen LogP contribution < -0.4 is 0 Å². The molecule has 0 saturated heterocycles.